The summed E-state index contributed by atoms with van der Waals surface area (Å²) in [7, 11) is 0. The molecule has 0 spiro atoms. The third-order valence-electron chi connectivity index (χ3n) is 4.10. The van der Waals surface area contributed by atoms with E-state index >= 15 is 0 Å². The van der Waals surface area contributed by atoms with E-state index in [9.17, 15) is 24.0 Å². The number of hydrogen-bond acceptors (Lipinski definition) is 8. The summed E-state index contributed by atoms with van der Waals surface area (Å²) >= 11 is 2.08. The number of ketones is 2. The number of ether oxygens (including phenoxy) is 3. The summed E-state index contributed by atoms with van der Waals surface area (Å²) in [5.41, 5.74) is 0.374. The Morgan fingerprint density at radius 2 is 1.23 bits per heavy atom. The monoisotopic (exact) mass is 522 g/mol. The molecule has 9 heteroatoms. The average Bonchev–Trinajstić information content (AvgIpc) is 2.63. The van der Waals surface area contributed by atoms with Crippen molar-refractivity contribution < 1.29 is 38.2 Å². The van der Waals surface area contributed by atoms with E-state index < -0.39 is 29.5 Å². The zero-order valence-electron chi connectivity index (χ0n) is 16.2. The number of rotatable bonds is 4. The number of fused-ring (bicyclic) bond motifs is 2. The molecule has 0 saturated heterocycles. The summed E-state index contributed by atoms with van der Waals surface area (Å²) in [6.45, 7) is 3.48. The van der Waals surface area contributed by atoms with Crippen LogP contribution >= 0.6 is 22.6 Å². The lowest BCUT2D eigenvalue weighted by molar-refractivity contribution is -0.133. The highest BCUT2D eigenvalue weighted by Gasteiger charge is 2.37. The van der Waals surface area contributed by atoms with E-state index in [-0.39, 0.29) is 39.5 Å². The van der Waals surface area contributed by atoms with Gasteiger partial charge >= 0.3 is 17.9 Å². The van der Waals surface area contributed by atoms with Crippen molar-refractivity contribution in [3.63, 3.8) is 0 Å². The molecule has 154 valence electrons. The predicted molar refractivity (Wildman–Crippen MR) is 111 cm³/mol. The zero-order valence-corrected chi connectivity index (χ0v) is 18.3. The van der Waals surface area contributed by atoms with Gasteiger partial charge in [0.15, 0.2) is 5.78 Å². The van der Waals surface area contributed by atoms with Gasteiger partial charge in [0, 0.05) is 42.4 Å². The first-order valence-electron chi connectivity index (χ1n) is 8.68. The Labute approximate surface area is 184 Å². The van der Waals surface area contributed by atoms with Crippen LogP contribution in [-0.4, -0.2) is 29.5 Å². The number of benzene rings is 2. The summed E-state index contributed by atoms with van der Waals surface area (Å²) in [6, 6.07) is 5.49. The molecule has 0 aliphatic heterocycles. The second-order valence-corrected chi connectivity index (χ2v) is 7.20. The molecule has 0 radical (unpaired) electrons. The topological polar surface area (TPSA) is 113 Å². The summed E-state index contributed by atoms with van der Waals surface area (Å²) < 4.78 is 15.8. The maximum absolute atomic E-state index is 13.3. The van der Waals surface area contributed by atoms with Crippen LogP contribution in [0.25, 0.3) is 0 Å². The molecule has 0 aromatic heterocycles. The van der Waals surface area contributed by atoms with Crippen molar-refractivity contribution in [3.05, 3.63) is 52.1 Å². The molecule has 2 aromatic carbocycles. The van der Waals surface area contributed by atoms with Crippen molar-refractivity contribution in [2.75, 3.05) is 0 Å². The lowest BCUT2D eigenvalue weighted by Crippen LogP contribution is -2.24. The first-order valence-corrected chi connectivity index (χ1v) is 10.2. The van der Waals surface area contributed by atoms with Crippen molar-refractivity contribution in [1.29, 1.82) is 0 Å². The van der Waals surface area contributed by atoms with Gasteiger partial charge in [0.2, 0.25) is 5.78 Å². The Kier molecular flexibility index (Phi) is 6.01. The SMILES string of the molecule is CC(=O)Oc1cc(OC(C)=O)c2c(c1)C(=O)c1cc(CI)cc(OC(C)=O)c1C2=O. The van der Waals surface area contributed by atoms with Gasteiger partial charge in [-0.15, -0.1) is 0 Å². The summed E-state index contributed by atoms with van der Waals surface area (Å²) in [4.78, 5) is 61.1. The Morgan fingerprint density at radius 3 is 1.73 bits per heavy atom. The van der Waals surface area contributed by atoms with Crippen molar-refractivity contribution in [3.8, 4) is 17.2 Å². The van der Waals surface area contributed by atoms with Gasteiger partial charge in [-0.1, -0.05) is 22.6 Å². The number of carbonyl (C=O) groups excluding carboxylic acids is 5. The maximum Gasteiger partial charge on any atom is 0.308 e. The van der Waals surface area contributed by atoms with Crippen LogP contribution < -0.4 is 14.2 Å². The minimum atomic E-state index is -0.733. The number of carbonyl (C=O) groups is 5. The molecule has 0 atom stereocenters. The van der Waals surface area contributed by atoms with E-state index in [4.69, 9.17) is 14.2 Å². The smallest absolute Gasteiger partial charge is 0.308 e. The molecule has 0 fully saturated rings. The van der Waals surface area contributed by atoms with Crippen molar-refractivity contribution in [2.24, 2.45) is 0 Å². The van der Waals surface area contributed by atoms with Gasteiger partial charge in [-0.3, -0.25) is 24.0 Å². The molecular formula is C21H15IO8. The molecule has 0 bridgehead atoms. The molecule has 0 saturated carbocycles. The normalized spacial score (nSPS) is 12.0. The van der Waals surface area contributed by atoms with Crippen LogP contribution in [0.4, 0.5) is 0 Å². The summed E-state index contributed by atoms with van der Waals surface area (Å²) in [6.07, 6.45) is 0. The van der Waals surface area contributed by atoms with E-state index in [0.29, 0.717) is 9.99 Å². The standard InChI is InChI=1S/C21H15IO8/c1-9(23)28-13-6-15-19(17(7-13)30-11(3)25)21(27)18-14(20(15)26)4-12(8-22)5-16(18)29-10(2)24/h4-7H,8H2,1-3H3. The molecule has 0 unspecified atom stereocenters. The van der Waals surface area contributed by atoms with Gasteiger partial charge in [-0.2, -0.15) is 0 Å². The Morgan fingerprint density at radius 1 is 0.733 bits per heavy atom. The van der Waals surface area contributed by atoms with E-state index in [1.807, 2.05) is 0 Å². The predicted octanol–water partition coefficient (Wildman–Crippen LogP) is 3.17. The van der Waals surface area contributed by atoms with E-state index in [1.165, 1.54) is 32.0 Å². The molecule has 8 nitrogen and oxygen atoms in total. The van der Waals surface area contributed by atoms with Crippen LogP contribution in [0.2, 0.25) is 0 Å². The van der Waals surface area contributed by atoms with Gasteiger partial charge in [0.05, 0.1) is 11.1 Å². The number of esters is 3. The second kappa shape index (κ2) is 8.34. The van der Waals surface area contributed by atoms with Gasteiger partial charge in [0.1, 0.15) is 17.2 Å². The van der Waals surface area contributed by atoms with Crippen LogP contribution in [0.15, 0.2) is 24.3 Å². The first-order chi connectivity index (χ1) is 14.1. The quantitative estimate of drug-likeness (QED) is 0.222. The number of alkyl halides is 1. The highest BCUT2D eigenvalue weighted by molar-refractivity contribution is 14.1. The molecule has 1 aliphatic rings. The Bertz CT molecular complexity index is 1130. The lowest BCUT2D eigenvalue weighted by Gasteiger charge is -2.23. The zero-order chi connectivity index (χ0) is 22.2. The van der Waals surface area contributed by atoms with E-state index in [0.717, 1.165) is 6.92 Å². The van der Waals surface area contributed by atoms with Crippen molar-refractivity contribution in [1.82, 2.24) is 0 Å². The molecule has 0 N–H and O–H groups in total. The van der Waals surface area contributed by atoms with Gasteiger partial charge in [0.25, 0.3) is 0 Å². The van der Waals surface area contributed by atoms with E-state index in [2.05, 4.69) is 22.6 Å². The molecule has 0 heterocycles. The fourth-order valence-electron chi connectivity index (χ4n) is 3.13. The van der Waals surface area contributed by atoms with E-state index in [1.54, 1.807) is 6.07 Å². The fraction of sp³-hybridized carbons (Fsp3) is 0.190. The lowest BCUT2D eigenvalue weighted by atomic mass is 9.82. The van der Waals surface area contributed by atoms with Gasteiger partial charge in [-0.25, -0.2) is 0 Å². The summed E-state index contributed by atoms with van der Waals surface area (Å²) in [5, 5.41) is 0. The third-order valence-corrected chi connectivity index (χ3v) is 4.99. The Hall–Kier alpha value is -3.08. The largest absolute Gasteiger partial charge is 0.427 e. The third kappa shape index (κ3) is 4.11. The first kappa shape index (κ1) is 21.6. The minimum absolute atomic E-state index is 0.0477. The maximum atomic E-state index is 13.3. The molecule has 3 rings (SSSR count). The molecular weight excluding hydrogens is 507 g/mol. The number of hydrogen-bond donors (Lipinski definition) is 0. The van der Waals surface area contributed by atoms with Crippen LogP contribution in [0.5, 0.6) is 17.2 Å². The van der Waals surface area contributed by atoms with Gasteiger partial charge < -0.3 is 14.2 Å². The highest BCUT2D eigenvalue weighted by atomic mass is 127. The highest BCUT2D eigenvalue weighted by Crippen LogP contribution is 2.40. The fourth-order valence-corrected chi connectivity index (χ4v) is 3.57. The van der Waals surface area contributed by atoms with Gasteiger partial charge in [-0.05, 0) is 23.8 Å². The molecule has 2 aromatic rings. The average molecular weight is 522 g/mol. The van der Waals surface area contributed by atoms with Crippen LogP contribution in [0.1, 0.15) is 58.2 Å². The molecule has 0 amide bonds. The molecule has 30 heavy (non-hydrogen) atoms. The van der Waals surface area contributed by atoms with Crippen LogP contribution in [0.3, 0.4) is 0 Å². The van der Waals surface area contributed by atoms with Crippen LogP contribution in [-0.2, 0) is 18.8 Å². The minimum Gasteiger partial charge on any atom is -0.427 e. The summed E-state index contributed by atoms with van der Waals surface area (Å²) in [5.74, 6) is -3.57. The van der Waals surface area contributed by atoms with Crippen molar-refractivity contribution in [2.45, 2.75) is 25.2 Å². The Balaban J connectivity index is 2.30. The van der Waals surface area contributed by atoms with Crippen LogP contribution in [0, 0.1) is 0 Å². The second-order valence-electron chi connectivity index (χ2n) is 6.43. The number of halogens is 1. The van der Waals surface area contributed by atoms with Crippen molar-refractivity contribution >= 4 is 52.1 Å². The molecule has 1 aliphatic carbocycles.